The SMILES string of the molecule is COC(=O)ON1CCN(c2ccc3ncc(Cc4c(F)cc5ncccc5c4F)n3n2)CC1. The normalized spacial score (nSPS) is 14.7. The maximum Gasteiger partial charge on any atom is 0.527 e. The molecule has 0 N–H and O–H groups in total. The molecule has 11 heteroatoms. The van der Waals surface area contributed by atoms with Gasteiger partial charge in [-0.15, -0.1) is 10.2 Å². The molecule has 1 aliphatic rings. The number of benzene rings is 1. The predicted octanol–water partition coefficient (Wildman–Crippen LogP) is 2.97. The molecule has 3 aromatic heterocycles. The van der Waals surface area contributed by atoms with E-state index in [1.807, 2.05) is 11.0 Å². The number of piperazine rings is 1. The number of halogens is 2. The van der Waals surface area contributed by atoms with E-state index in [9.17, 15) is 9.18 Å². The lowest BCUT2D eigenvalue weighted by Crippen LogP contribution is -2.47. The molecule has 0 radical (unpaired) electrons. The number of aromatic nitrogens is 4. The Hall–Kier alpha value is -3.86. The Morgan fingerprint density at radius 2 is 1.94 bits per heavy atom. The Labute approximate surface area is 187 Å². The maximum absolute atomic E-state index is 15.1. The van der Waals surface area contributed by atoms with E-state index >= 15 is 4.39 Å². The molecule has 0 amide bonds. The topological polar surface area (TPSA) is 85.1 Å². The van der Waals surface area contributed by atoms with Gasteiger partial charge in [0.2, 0.25) is 0 Å². The van der Waals surface area contributed by atoms with Gasteiger partial charge in [-0.2, -0.15) is 0 Å². The van der Waals surface area contributed by atoms with Crippen molar-refractivity contribution in [1.82, 2.24) is 24.6 Å². The van der Waals surface area contributed by atoms with Crippen LogP contribution in [0.2, 0.25) is 0 Å². The van der Waals surface area contributed by atoms with Gasteiger partial charge >= 0.3 is 6.16 Å². The molecular weight excluding hydrogens is 434 g/mol. The zero-order valence-electron chi connectivity index (χ0n) is 17.7. The van der Waals surface area contributed by atoms with E-state index < -0.39 is 17.8 Å². The van der Waals surface area contributed by atoms with Crippen LogP contribution < -0.4 is 4.90 Å². The van der Waals surface area contributed by atoms with Gasteiger partial charge in [-0.3, -0.25) is 4.98 Å². The number of hydrogen-bond donors (Lipinski definition) is 0. The molecule has 9 nitrogen and oxygen atoms in total. The third kappa shape index (κ3) is 4.02. The summed E-state index contributed by atoms with van der Waals surface area (Å²) >= 11 is 0. The van der Waals surface area contributed by atoms with Crippen LogP contribution in [0.3, 0.4) is 0 Å². The fourth-order valence-electron chi connectivity index (χ4n) is 3.89. The predicted molar refractivity (Wildman–Crippen MR) is 115 cm³/mol. The molecule has 0 atom stereocenters. The van der Waals surface area contributed by atoms with E-state index in [1.165, 1.54) is 24.4 Å². The van der Waals surface area contributed by atoms with Crippen molar-refractivity contribution in [2.75, 3.05) is 38.2 Å². The second-order valence-corrected chi connectivity index (χ2v) is 7.57. The highest BCUT2D eigenvalue weighted by Gasteiger charge is 2.22. The molecule has 0 spiro atoms. The van der Waals surface area contributed by atoms with Crippen LogP contribution in [0.5, 0.6) is 0 Å². The Bertz CT molecular complexity index is 1340. The molecule has 33 heavy (non-hydrogen) atoms. The quantitative estimate of drug-likeness (QED) is 0.435. The van der Waals surface area contributed by atoms with Crippen molar-refractivity contribution < 1.29 is 23.1 Å². The van der Waals surface area contributed by atoms with E-state index in [2.05, 4.69) is 19.8 Å². The minimum atomic E-state index is -0.755. The molecule has 0 aliphatic carbocycles. The number of fused-ring (bicyclic) bond motifs is 2. The van der Waals surface area contributed by atoms with Crippen LogP contribution in [0.4, 0.5) is 19.4 Å². The summed E-state index contributed by atoms with van der Waals surface area (Å²) < 4.78 is 35.9. The Balaban J connectivity index is 1.40. The van der Waals surface area contributed by atoms with E-state index in [0.717, 1.165) is 0 Å². The number of hydroxylamine groups is 2. The van der Waals surface area contributed by atoms with Gasteiger partial charge in [-0.05, 0) is 24.3 Å². The number of carbonyl (C=O) groups is 1. The molecule has 0 bridgehead atoms. The minimum absolute atomic E-state index is 0.0130. The molecule has 1 aromatic carbocycles. The molecule has 4 aromatic rings. The number of nitrogens with zero attached hydrogens (tertiary/aromatic N) is 6. The average molecular weight is 454 g/mol. The number of imidazole rings is 1. The van der Waals surface area contributed by atoms with Gasteiger partial charge in [0.25, 0.3) is 0 Å². The first kappa shape index (κ1) is 21.0. The fraction of sp³-hybridized carbons (Fsp3) is 0.273. The number of hydrogen-bond acceptors (Lipinski definition) is 8. The zero-order valence-corrected chi connectivity index (χ0v) is 17.7. The standard InChI is InChI=1S/C22H20F2N6O3/c1-32-22(31)33-29-9-7-28(8-10-29)20-5-4-19-26-13-14(30(19)27-20)11-16-17(23)12-18-15(21(16)24)3-2-6-25-18/h2-6,12-13H,7-11H2,1H3. The van der Waals surface area contributed by atoms with E-state index in [4.69, 9.17) is 4.84 Å². The zero-order chi connectivity index (χ0) is 22.9. The summed E-state index contributed by atoms with van der Waals surface area (Å²) in [6.07, 6.45) is 2.30. The Kier molecular flexibility index (Phi) is 5.47. The van der Waals surface area contributed by atoms with Gasteiger partial charge in [-0.25, -0.2) is 23.1 Å². The van der Waals surface area contributed by atoms with Crippen molar-refractivity contribution in [3.63, 3.8) is 0 Å². The summed E-state index contributed by atoms with van der Waals surface area (Å²) in [6, 6.07) is 8.08. The monoisotopic (exact) mass is 454 g/mol. The highest BCUT2D eigenvalue weighted by molar-refractivity contribution is 5.80. The molecule has 4 heterocycles. The van der Waals surface area contributed by atoms with Crippen molar-refractivity contribution in [2.45, 2.75) is 6.42 Å². The van der Waals surface area contributed by atoms with Gasteiger partial charge in [0.1, 0.15) is 17.5 Å². The van der Waals surface area contributed by atoms with Gasteiger partial charge in [-0.1, -0.05) is 0 Å². The number of rotatable bonds is 4. The summed E-state index contributed by atoms with van der Waals surface area (Å²) in [5, 5.41) is 6.45. The molecule has 0 unspecified atom stereocenters. The van der Waals surface area contributed by atoms with Crippen LogP contribution in [0.15, 0.2) is 42.7 Å². The van der Waals surface area contributed by atoms with Crippen molar-refractivity contribution in [2.24, 2.45) is 0 Å². The first-order valence-electron chi connectivity index (χ1n) is 10.3. The molecule has 1 saturated heterocycles. The summed E-state index contributed by atoms with van der Waals surface area (Å²) in [5.74, 6) is -0.611. The Morgan fingerprint density at radius 3 is 2.73 bits per heavy atom. The number of methoxy groups -OCH3 is 1. The van der Waals surface area contributed by atoms with Crippen molar-refractivity contribution in [3.8, 4) is 0 Å². The maximum atomic E-state index is 15.1. The number of anilines is 1. The smallest absolute Gasteiger partial charge is 0.436 e. The molecule has 5 rings (SSSR count). The van der Waals surface area contributed by atoms with Gasteiger partial charge in [0, 0.05) is 42.7 Å². The second kappa shape index (κ2) is 8.58. The number of carbonyl (C=O) groups excluding carboxylic acids is 1. The summed E-state index contributed by atoms with van der Waals surface area (Å²) in [6.45, 7) is 2.10. The van der Waals surface area contributed by atoms with Crippen LogP contribution in [0, 0.1) is 11.6 Å². The van der Waals surface area contributed by atoms with E-state index in [1.54, 1.807) is 28.9 Å². The van der Waals surface area contributed by atoms with Gasteiger partial charge in [0.15, 0.2) is 5.65 Å². The summed E-state index contributed by atoms with van der Waals surface area (Å²) in [5.41, 5.74) is 1.34. The molecule has 0 saturated carbocycles. The van der Waals surface area contributed by atoms with Crippen molar-refractivity contribution in [3.05, 3.63) is 65.6 Å². The summed E-state index contributed by atoms with van der Waals surface area (Å²) in [4.78, 5) is 26.7. The highest BCUT2D eigenvalue weighted by atomic mass is 19.1. The van der Waals surface area contributed by atoms with E-state index in [-0.39, 0.29) is 22.9 Å². The van der Waals surface area contributed by atoms with Crippen molar-refractivity contribution in [1.29, 1.82) is 0 Å². The molecule has 170 valence electrons. The second-order valence-electron chi connectivity index (χ2n) is 7.57. The van der Waals surface area contributed by atoms with Gasteiger partial charge in [0.05, 0.1) is 37.6 Å². The number of ether oxygens (including phenoxy) is 1. The van der Waals surface area contributed by atoms with Crippen LogP contribution >= 0.6 is 0 Å². The third-order valence-electron chi connectivity index (χ3n) is 5.60. The lowest BCUT2D eigenvalue weighted by Gasteiger charge is -2.33. The van der Waals surface area contributed by atoms with Crippen LogP contribution in [0.25, 0.3) is 16.6 Å². The Morgan fingerprint density at radius 1 is 1.12 bits per heavy atom. The van der Waals surface area contributed by atoms with Crippen LogP contribution in [0.1, 0.15) is 11.3 Å². The van der Waals surface area contributed by atoms with Crippen LogP contribution in [-0.4, -0.2) is 64.1 Å². The highest BCUT2D eigenvalue weighted by Crippen LogP contribution is 2.25. The average Bonchev–Trinajstić information content (AvgIpc) is 3.24. The third-order valence-corrected chi connectivity index (χ3v) is 5.60. The fourth-order valence-corrected chi connectivity index (χ4v) is 3.89. The first-order valence-corrected chi connectivity index (χ1v) is 10.3. The largest absolute Gasteiger partial charge is 0.527 e. The van der Waals surface area contributed by atoms with Gasteiger partial charge < -0.3 is 14.5 Å². The lowest BCUT2D eigenvalue weighted by molar-refractivity contribution is -0.126. The van der Waals surface area contributed by atoms with Crippen molar-refractivity contribution >= 4 is 28.5 Å². The minimum Gasteiger partial charge on any atom is -0.436 e. The lowest BCUT2D eigenvalue weighted by atomic mass is 10.0. The molecule has 1 fully saturated rings. The molecule has 1 aliphatic heterocycles. The first-order chi connectivity index (χ1) is 16.0. The van der Waals surface area contributed by atoms with Crippen LogP contribution in [-0.2, 0) is 16.0 Å². The van der Waals surface area contributed by atoms with E-state index in [0.29, 0.717) is 43.3 Å². The number of pyridine rings is 1. The molecular formula is C22H20F2N6O3. The summed E-state index contributed by atoms with van der Waals surface area (Å²) in [7, 11) is 1.26.